The maximum absolute atomic E-state index is 11.9. The molecule has 1 aliphatic heterocycles. The Morgan fingerprint density at radius 3 is 2.90 bits per heavy atom. The summed E-state index contributed by atoms with van der Waals surface area (Å²) in [7, 11) is -3.38. The summed E-state index contributed by atoms with van der Waals surface area (Å²) in [6.07, 6.45) is 4.40. The molecule has 1 aromatic rings. The van der Waals surface area contributed by atoms with Crippen LogP contribution < -0.4 is 4.72 Å². The first kappa shape index (κ1) is 15.5. The second-order valence-electron chi connectivity index (χ2n) is 4.87. The highest BCUT2D eigenvalue weighted by atomic mass is 32.2. The standard InChI is InChI=1S/C13H20N2O3S2/c16-12-6-2-1-3-9-15(12)10-5-8-14-20(17,18)13-7-4-11-19-13/h4,7,11,14H,1-3,5-6,8-10H2. The Bertz CT molecular complexity index is 526. The van der Waals surface area contributed by atoms with E-state index in [9.17, 15) is 13.2 Å². The molecule has 1 aromatic heterocycles. The van der Waals surface area contributed by atoms with Crippen molar-refractivity contribution >= 4 is 27.3 Å². The maximum Gasteiger partial charge on any atom is 0.250 e. The van der Waals surface area contributed by atoms with Gasteiger partial charge >= 0.3 is 0 Å². The number of rotatable bonds is 6. The lowest BCUT2D eigenvalue weighted by Gasteiger charge is -2.20. The molecule has 20 heavy (non-hydrogen) atoms. The lowest BCUT2D eigenvalue weighted by molar-refractivity contribution is -0.130. The highest BCUT2D eigenvalue weighted by Gasteiger charge is 2.17. The first-order valence-corrected chi connectivity index (χ1v) is 9.27. The van der Waals surface area contributed by atoms with Crippen LogP contribution in [-0.2, 0) is 14.8 Å². The van der Waals surface area contributed by atoms with Crippen LogP contribution in [0, 0.1) is 0 Å². The summed E-state index contributed by atoms with van der Waals surface area (Å²) in [6, 6.07) is 3.31. The van der Waals surface area contributed by atoms with Gasteiger partial charge in [-0.05, 0) is 30.7 Å². The van der Waals surface area contributed by atoms with E-state index in [0.717, 1.165) is 25.8 Å². The Kier molecular flexibility index (Phi) is 5.56. The molecule has 5 nitrogen and oxygen atoms in total. The zero-order chi connectivity index (χ0) is 14.4. The maximum atomic E-state index is 11.9. The van der Waals surface area contributed by atoms with Crippen LogP contribution in [0.15, 0.2) is 21.7 Å². The largest absolute Gasteiger partial charge is 0.343 e. The Morgan fingerprint density at radius 1 is 1.30 bits per heavy atom. The Morgan fingerprint density at radius 2 is 2.15 bits per heavy atom. The molecule has 0 saturated carbocycles. The summed E-state index contributed by atoms with van der Waals surface area (Å²) >= 11 is 1.20. The molecule has 2 heterocycles. The van der Waals surface area contributed by atoms with E-state index < -0.39 is 10.0 Å². The van der Waals surface area contributed by atoms with Gasteiger partial charge in [0.25, 0.3) is 0 Å². The van der Waals surface area contributed by atoms with Crippen molar-refractivity contribution in [2.24, 2.45) is 0 Å². The summed E-state index contributed by atoms with van der Waals surface area (Å²) in [5, 5.41) is 1.74. The molecule has 0 atom stereocenters. The summed E-state index contributed by atoms with van der Waals surface area (Å²) in [6.45, 7) is 1.80. The molecule has 0 spiro atoms. The van der Waals surface area contributed by atoms with Crippen LogP contribution in [0.5, 0.6) is 0 Å². The summed E-state index contributed by atoms with van der Waals surface area (Å²) in [5.41, 5.74) is 0. The number of sulfonamides is 1. The van der Waals surface area contributed by atoms with E-state index in [1.54, 1.807) is 17.5 Å². The van der Waals surface area contributed by atoms with Crippen LogP contribution in [0.1, 0.15) is 32.1 Å². The number of nitrogens with zero attached hydrogens (tertiary/aromatic N) is 1. The zero-order valence-corrected chi connectivity index (χ0v) is 13.0. The van der Waals surface area contributed by atoms with Crippen molar-refractivity contribution in [3.8, 4) is 0 Å². The van der Waals surface area contributed by atoms with Crippen molar-refractivity contribution in [1.29, 1.82) is 0 Å². The first-order valence-electron chi connectivity index (χ1n) is 6.90. The predicted molar refractivity (Wildman–Crippen MR) is 79.2 cm³/mol. The lowest BCUT2D eigenvalue weighted by Crippen LogP contribution is -2.33. The first-order chi connectivity index (χ1) is 9.59. The van der Waals surface area contributed by atoms with Crippen molar-refractivity contribution in [3.05, 3.63) is 17.5 Å². The molecule has 112 valence electrons. The van der Waals surface area contributed by atoms with E-state index in [1.165, 1.54) is 11.3 Å². The van der Waals surface area contributed by atoms with Gasteiger partial charge in [-0.1, -0.05) is 12.5 Å². The average Bonchev–Trinajstić information content (AvgIpc) is 2.88. The number of hydrogen-bond acceptors (Lipinski definition) is 4. The normalized spacial score (nSPS) is 17.2. The van der Waals surface area contributed by atoms with Gasteiger partial charge in [-0.3, -0.25) is 4.79 Å². The van der Waals surface area contributed by atoms with Gasteiger partial charge in [0.15, 0.2) is 0 Å². The van der Waals surface area contributed by atoms with Crippen molar-refractivity contribution in [3.63, 3.8) is 0 Å². The van der Waals surface area contributed by atoms with Crippen LogP contribution in [0.25, 0.3) is 0 Å². The predicted octanol–water partition coefficient (Wildman–Crippen LogP) is 1.82. The molecule has 2 rings (SSSR count). The Balaban J connectivity index is 1.75. The smallest absolute Gasteiger partial charge is 0.250 e. The van der Waals surface area contributed by atoms with Crippen molar-refractivity contribution in [2.75, 3.05) is 19.6 Å². The van der Waals surface area contributed by atoms with E-state index in [0.29, 0.717) is 30.1 Å². The van der Waals surface area contributed by atoms with Crippen LogP contribution >= 0.6 is 11.3 Å². The number of hydrogen-bond donors (Lipinski definition) is 1. The van der Waals surface area contributed by atoms with Gasteiger partial charge in [0.05, 0.1) is 0 Å². The molecular weight excluding hydrogens is 296 g/mol. The van der Waals surface area contributed by atoms with Gasteiger partial charge in [0.1, 0.15) is 4.21 Å². The molecule has 1 fully saturated rings. The number of nitrogens with one attached hydrogen (secondary N) is 1. The molecule has 0 unspecified atom stereocenters. The lowest BCUT2D eigenvalue weighted by atomic mass is 10.2. The average molecular weight is 316 g/mol. The number of amides is 1. The summed E-state index contributed by atoms with van der Waals surface area (Å²) < 4.78 is 26.7. The fraction of sp³-hybridized carbons (Fsp3) is 0.615. The van der Waals surface area contributed by atoms with Gasteiger partial charge in [0.2, 0.25) is 15.9 Å². The van der Waals surface area contributed by atoms with Crippen molar-refractivity contribution in [1.82, 2.24) is 9.62 Å². The summed E-state index contributed by atoms with van der Waals surface area (Å²) in [5.74, 6) is 0.198. The topological polar surface area (TPSA) is 66.5 Å². The van der Waals surface area contributed by atoms with Gasteiger partial charge in [0, 0.05) is 26.1 Å². The zero-order valence-electron chi connectivity index (χ0n) is 11.4. The molecule has 0 aromatic carbocycles. The van der Waals surface area contributed by atoms with Gasteiger partial charge in [-0.25, -0.2) is 13.1 Å². The third-order valence-corrected chi connectivity index (χ3v) is 6.19. The van der Waals surface area contributed by atoms with E-state index in [4.69, 9.17) is 0 Å². The third kappa shape index (κ3) is 4.29. The number of likely N-dealkylation sites (tertiary alicyclic amines) is 1. The van der Waals surface area contributed by atoms with Gasteiger partial charge < -0.3 is 4.90 Å². The van der Waals surface area contributed by atoms with Crippen LogP contribution in [0.4, 0.5) is 0 Å². The number of carbonyl (C=O) groups excluding carboxylic acids is 1. The molecular formula is C13H20N2O3S2. The molecule has 0 aliphatic carbocycles. The molecule has 7 heteroatoms. The van der Waals surface area contributed by atoms with Crippen molar-refractivity contribution in [2.45, 2.75) is 36.3 Å². The number of thiophene rings is 1. The minimum atomic E-state index is -3.38. The van der Waals surface area contributed by atoms with Gasteiger partial charge in [-0.2, -0.15) is 0 Å². The monoisotopic (exact) mass is 316 g/mol. The SMILES string of the molecule is O=C1CCCCCN1CCCNS(=O)(=O)c1cccs1. The highest BCUT2D eigenvalue weighted by molar-refractivity contribution is 7.91. The molecule has 0 bridgehead atoms. The molecule has 1 aliphatic rings. The molecule has 0 radical (unpaired) electrons. The molecule has 1 N–H and O–H groups in total. The van der Waals surface area contributed by atoms with E-state index >= 15 is 0 Å². The van der Waals surface area contributed by atoms with Crippen LogP contribution in [0.2, 0.25) is 0 Å². The fourth-order valence-electron chi connectivity index (χ4n) is 2.24. The third-order valence-electron chi connectivity index (χ3n) is 3.33. The van der Waals surface area contributed by atoms with Crippen molar-refractivity contribution < 1.29 is 13.2 Å². The van der Waals surface area contributed by atoms with E-state index in [2.05, 4.69) is 4.72 Å². The second-order valence-corrected chi connectivity index (χ2v) is 7.82. The minimum absolute atomic E-state index is 0.198. The fourth-order valence-corrected chi connectivity index (χ4v) is 4.35. The Hall–Kier alpha value is -0.920. The second kappa shape index (κ2) is 7.19. The van der Waals surface area contributed by atoms with Crippen LogP contribution in [0.3, 0.4) is 0 Å². The quantitative estimate of drug-likeness (QED) is 0.814. The minimum Gasteiger partial charge on any atom is -0.343 e. The van der Waals surface area contributed by atoms with Gasteiger partial charge in [-0.15, -0.1) is 11.3 Å². The number of carbonyl (C=O) groups is 1. The molecule has 1 amide bonds. The van der Waals surface area contributed by atoms with Crippen LogP contribution in [-0.4, -0.2) is 38.9 Å². The molecule has 1 saturated heterocycles. The van der Waals surface area contributed by atoms with E-state index in [-0.39, 0.29) is 5.91 Å². The highest BCUT2D eigenvalue weighted by Crippen LogP contribution is 2.15. The van der Waals surface area contributed by atoms with E-state index in [1.807, 2.05) is 4.90 Å². The Labute approximate surface area is 124 Å². The summed E-state index contributed by atoms with van der Waals surface area (Å²) in [4.78, 5) is 13.6.